The Morgan fingerprint density at radius 3 is 3.00 bits per heavy atom. The van der Waals surface area contributed by atoms with Gasteiger partial charge in [0.25, 0.3) is 0 Å². The Labute approximate surface area is 97.0 Å². The molecule has 1 aliphatic carbocycles. The van der Waals surface area contributed by atoms with Gasteiger partial charge in [-0.05, 0) is 29.4 Å². The molecule has 0 amide bonds. The SMILES string of the molecule is CC1(CNC2COCc3ccccc32)CC1. The van der Waals surface area contributed by atoms with Crippen molar-refractivity contribution in [1.29, 1.82) is 0 Å². The van der Waals surface area contributed by atoms with Crippen LogP contribution in [0, 0.1) is 5.41 Å². The number of hydrogen-bond acceptors (Lipinski definition) is 2. The lowest BCUT2D eigenvalue weighted by Gasteiger charge is -2.27. The molecule has 2 heteroatoms. The summed E-state index contributed by atoms with van der Waals surface area (Å²) < 4.78 is 5.63. The molecule has 0 aromatic heterocycles. The second kappa shape index (κ2) is 3.86. The minimum absolute atomic E-state index is 0.391. The summed E-state index contributed by atoms with van der Waals surface area (Å²) in [6.45, 7) is 5.06. The molecule has 2 aliphatic rings. The van der Waals surface area contributed by atoms with E-state index in [1.165, 1.54) is 24.0 Å². The summed E-state index contributed by atoms with van der Waals surface area (Å²) in [5, 5.41) is 3.66. The lowest BCUT2D eigenvalue weighted by atomic mass is 9.98. The zero-order valence-electron chi connectivity index (χ0n) is 9.83. The van der Waals surface area contributed by atoms with Gasteiger partial charge in [-0.25, -0.2) is 0 Å². The molecule has 1 N–H and O–H groups in total. The largest absolute Gasteiger partial charge is 0.375 e. The van der Waals surface area contributed by atoms with Crippen molar-refractivity contribution in [3.05, 3.63) is 35.4 Å². The van der Waals surface area contributed by atoms with Gasteiger partial charge in [0.1, 0.15) is 0 Å². The molecule has 1 saturated carbocycles. The molecule has 0 bridgehead atoms. The Balaban J connectivity index is 1.71. The molecule has 2 nitrogen and oxygen atoms in total. The summed E-state index contributed by atoms with van der Waals surface area (Å²) in [7, 11) is 0. The third-order valence-corrected chi connectivity index (χ3v) is 3.85. The highest BCUT2D eigenvalue weighted by molar-refractivity contribution is 5.31. The third kappa shape index (κ3) is 2.00. The van der Waals surface area contributed by atoms with Gasteiger partial charge in [0.2, 0.25) is 0 Å². The fourth-order valence-electron chi connectivity index (χ4n) is 2.31. The van der Waals surface area contributed by atoms with Gasteiger partial charge in [0.05, 0.1) is 19.3 Å². The molecule has 3 rings (SSSR count). The predicted molar refractivity (Wildman–Crippen MR) is 64.2 cm³/mol. The Morgan fingerprint density at radius 2 is 2.19 bits per heavy atom. The summed E-state index contributed by atoms with van der Waals surface area (Å²) in [6, 6.07) is 9.00. The Morgan fingerprint density at radius 1 is 1.38 bits per heavy atom. The van der Waals surface area contributed by atoms with Crippen molar-refractivity contribution in [3.63, 3.8) is 0 Å². The van der Waals surface area contributed by atoms with Crippen LogP contribution in [0.2, 0.25) is 0 Å². The van der Waals surface area contributed by atoms with E-state index >= 15 is 0 Å². The molecule has 0 spiro atoms. The lowest BCUT2D eigenvalue weighted by Crippen LogP contribution is -2.33. The number of benzene rings is 1. The van der Waals surface area contributed by atoms with E-state index in [0.29, 0.717) is 11.5 Å². The van der Waals surface area contributed by atoms with Crippen LogP contribution in [0.25, 0.3) is 0 Å². The van der Waals surface area contributed by atoms with Crippen LogP contribution in [0.4, 0.5) is 0 Å². The molecular weight excluding hydrogens is 198 g/mol. The smallest absolute Gasteiger partial charge is 0.0721 e. The molecule has 1 aromatic carbocycles. The molecular formula is C14H19NO. The van der Waals surface area contributed by atoms with Crippen LogP contribution in [0.3, 0.4) is 0 Å². The van der Waals surface area contributed by atoms with Crippen LogP contribution in [-0.4, -0.2) is 13.2 Å². The highest BCUT2D eigenvalue weighted by atomic mass is 16.5. The summed E-state index contributed by atoms with van der Waals surface area (Å²) in [6.07, 6.45) is 2.74. The van der Waals surface area contributed by atoms with Crippen LogP contribution < -0.4 is 5.32 Å². The van der Waals surface area contributed by atoms with Crippen molar-refractivity contribution >= 4 is 0 Å². The van der Waals surface area contributed by atoms with Crippen LogP contribution in [-0.2, 0) is 11.3 Å². The molecule has 86 valence electrons. The first-order chi connectivity index (χ1) is 7.77. The fraction of sp³-hybridized carbons (Fsp3) is 0.571. The molecule has 1 heterocycles. The average molecular weight is 217 g/mol. The quantitative estimate of drug-likeness (QED) is 0.840. The molecule has 16 heavy (non-hydrogen) atoms. The van der Waals surface area contributed by atoms with E-state index in [2.05, 4.69) is 36.5 Å². The first-order valence-electron chi connectivity index (χ1n) is 6.16. The molecule has 1 aliphatic heterocycles. The minimum Gasteiger partial charge on any atom is -0.375 e. The molecule has 1 aromatic rings. The van der Waals surface area contributed by atoms with E-state index in [9.17, 15) is 0 Å². The summed E-state index contributed by atoms with van der Waals surface area (Å²) >= 11 is 0. The van der Waals surface area contributed by atoms with Crippen molar-refractivity contribution in [2.24, 2.45) is 5.41 Å². The Kier molecular flexibility index (Phi) is 2.49. The van der Waals surface area contributed by atoms with Crippen LogP contribution >= 0.6 is 0 Å². The van der Waals surface area contributed by atoms with E-state index in [1.54, 1.807) is 0 Å². The second-order valence-electron chi connectivity index (χ2n) is 5.46. The molecule has 1 unspecified atom stereocenters. The number of rotatable bonds is 3. The highest BCUT2D eigenvalue weighted by Crippen LogP contribution is 2.44. The normalized spacial score (nSPS) is 26.2. The van der Waals surface area contributed by atoms with E-state index < -0.39 is 0 Å². The maximum atomic E-state index is 5.63. The monoisotopic (exact) mass is 217 g/mol. The van der Waals surface area contributed by atoms with Crippen molar-refractivity contribution in [3.8, 4) is 0 Å². The summed E-state index contributed by atoms with van der Waals surface area (Å²) in [5.74, 6) is 0. The topological polar surface area (TPSA) is 21.3 Å². The van der Waals surface area contributed by atoms with Crippen molar-refractivity contribution in [2.45, 2.75) is 32.4 Å². The van der Waals surface area contributed by atoms with Crippen LogP contribution in [0.5, 0.6) is 0 Å². The van der Waals surface area contributed by atoms with Gasteiger partial charge in [-0.15, -0.1) is 0 Å². The molecule has 1 atom stereocenters. The fourth-order valence-corrected chi connectivity index (χ4v) is 2.31. The van der Waals surface area contributed by atoms with E-state index in [4.69, 9.17) is 4.74 Å². The minimum atomic E-state index is 0.391. The molecule has 0 radical (unpaired) electrons. The van der Waals surface area contributed by atoms with Gasteiger partial charge in [0.15, 0.2) is 0 Å². The summed E-state index contributed by atoms with van der Waals surface area (Å²) in [4.78, 5) is 0. The van der Waals surface area contributed by atoms with E-state index in [1.807, 2.05) is 0 Å². The zero-order valence-corrected chi connectivity index (χ0v) is 9.83. The Bertz CT molecular complexity index is 384. The van der Waals surface area contributed by atoms with Crippen molar-refractivity contribution in [2.75, 3.05) is 13.2 Å². The number of nitrogens with one attached hydrogen (secondary N) is 1. The lowest BCUT2D eigenvalue weighted by molar-refractivity contribution is 0.0807. The standard InChI is InChI=1S/C14H19NO/c1-14(6-7-14)10-15-13-9-16-8-11-4-2-3-5-12(11)13/h2-5,13,15H,6-10H2,1H3. The van der Waals surface area contributed by atoms with Gasteiger partial charge in [-0.2, -0.15) is 0 Å². The predicted octanol–water partition coefficient (Wildman–Crippen LogP) is 2.65. The average Bonchev–Trinajstić information content (AvgIpc) is 3.05. The molecule has 0 saturated heterocycles. The van der Waals surface area contributed by atoms with Gasteiger partial charge in [-0.1, -0.05) is 31.2 Å². The second-order valence-corrected chi connectivity index (χ2v) is 5.46. The maximum Gasteiger partial charge on any atom is 0.0721 e. The molecule has 1 fully saturated rings. The van der Waals surface area contributed by atoms with Gasteiger partial charge in [0, 0.05) is 6.54 Å². The maximum absolute atomic E-state index is 5.63. The van der Waals surface area contributed by atoms with Crippen molar-refractivity contribution in [1.82, 2.24) is 5.32 Å². The van der Waals surface area contributed by atoms with Gasteiger partial charge < -0.3 is 10.1 Å². The van der Waals surface area contributed by atoms with Crippen LogP contribution in [0.1, 0.15) is 36.9 Å². The number of hydrogen-bond donors (Lipinski definition) is 1. The van der Waals surface area contributed by atoms with Crippen LogP contribution in [0.15, 0.2) is 24.3 Å². The highest BCUT2D eigenvalue weighted by Gasteiger charge is 2.37. The first-order valence-corrected chi connectivity index (χ1v) is 6.16. The number of ether oxygens (including phenoxy) is 1. The van der Waals surface area contributed by atoms with E-state index in [-0.39, 0.29) is 0 Å². The first kappa shape index (κ1) is 10.3. The number of fused-ring (bicyclic) bond motifs is 1. The third-order valence-electron chi connectivity index (χ3n) is 3.85. The Hall–Kier alpha value is -0.860. The zero-order chi connectivity index (χ0) is 11.0. The van der Waals surface area contributed by atoms with Crippen molar-refractivity contribution < 1.29 is 4.74 Å². The van der Waals surface area contributed by atoms with Gasteiger partial charge >= 0.3 is 0 Å². The van der Waals surface area contributed by atoms with Gasteiger partial charge in [-0.3, -0.25) is 0 Å². The summed E-state index contributed by atoms with van der Waals surface area (Å²) in [5.41, 5.74) is 3.33. The van der Waals surface area contributed by atoms with E-state index in [0.717, 1.165) is 19.8 Å².